The molecule has 0 spiro atoms. The topological polar surface area (TPSA) is 60.2 Å². The van der Waals surface area contributed by atoms with E-state index in [9.17, 15) is 9.18 Å². The summed E-state index contributed by atoms with van der Waals surface area (Å²) in [6, 6.07) is 6.30. The second kappa shape index (κ2) is 8.71. The second-order valence-electron chi connectivity index (χ2n) is 6.30. The third kappa shape index (κ3) is 5.35. The van der Waals surface area contributed by atoms with E-state index in [4.69, 9.17) is 4.74 Å². The van der Waals surface area contributed by atoms with Gasteiger partial charge in [0.25, 0.3) is 0 Å². The van der Waals surface area contributed by atoms with Crippen LogP contribution in [0.15, 0.2) is 36.9 Å². The minimum absolute atomic E-state index is 0.0833. The fraction of sp³-hybridized carbons (Fsp3) is 0.500. The number of carbonyl (C=O) groups is 1. The Morgan fingerprint density at radius 2 is 2.20 bits per heavy atom. The molecule has 1 aromatic heterocycles. The Morgan fingerprint density at radius 3 is 2.88 bits per heavy atom. The molecule has 1 aromatic carbocycles. The van der Waals surface area contributed by atoms with Gasteiger partial charge < -0.3 is 9.64 Å². The van der Waals surface area contributed by atoms with Crippen molar-refractivity contribution < 1.29 is 13.9 Å². The lowest BCUT2D eigenvalue weighted by Gasteiger charge is -2.26. The molecule has 2 aromatic rings. The Balaban J connectivity index is 1.57. The van der Waals surface area contributed by atoms with E-state index in [1.807, 2.05) is 4.90 Å². The van der Waals surface area contributed by atoms with E-state index in [-0.39, 0.29) is 17.8 Å². The summed E-state index contributed by atoms with van der Waals surface area (Å²) in [5.41, 5.74) is 0.920. The zero-order chi connectivity index (χ0) is 17.5. The lowest BCUT2D eigenvalue weighted by atomic mass is 10.1. The van der Waals surface area contributed by atoms with Crippen LogP contribution in [0.25, 0.3) is 0 Å². The molecule has 0 unspecified atom stereocenters. The quantitative estimate of drug-likeness (QED) is 0.736. The Morgan fingerprint density at radius 1 is 1.36 bits per heavy atom. The van der Waals surface area contributed by atoms with E-state index >= 15 is 0 Å². The van der Waals surface area contributed by atoms with Gasteiger partial charge in [-0.25, -0.2) is 9.37 Å². The van der Waals surface area contributed by atoms with E-state index in [0.717, 1.165) is 25.0 Å². The van der Waals surface area contributed by atoms with Gasteiger partial charge in [0, 0.05) is 32.7 Å². The Kier molecular flexibility index (Phi) is 6.11. The van der Waals surface area contributed by atoms with Gasteiger partial charge >= 0.3 is 0 Å². The second-order valence-corrected chi connectivity index (χ2v) is 6.30. The standard InChI is InChI=1S/C18H23FN4O2/c19-16-7-5-15(6-8-16)11-22(12-17-3-2-10-25-17)18(24)4-1-9-23-14-20-13-21-23/h5-8,13-14,17H,1-4,9-12H2/t17-/m0/s1. The molecule has 134 valence electrons. The zero-order valence-electron chi connectivity index (χ0n) is 14.2. The van der Waals surface area contributed by atoms with Gasteiger partial charge in [-0.3, -0.25) is 9.48 Å². The van der Waals surface area contributed by atoms with Crippen molar-refractivity contribution in [1.29, 1.82) is 0 Å². The average Bonchev–Trinajstić information content (AvgIpc) is 3.30. The highest BCUT2D eigenvalue weighted by molar-refractivity contribution is 5.76. The molecule has 1 fully saturated rings. The summed E-state index contributed by atoms with van der Waals surface area (Å²) in [5.74, 6) is -0.187. The number of rotatable bonds is 8. The van der Waals surface area contributed by atoms with Crippen molar-refractivity contribution >= 4 is 5.91 Å². The number of hydrogen-bond donors (Lipinski definition) is 0. The lowest BCUT2D eigenvalue weighted by Crippen LogP contribution is -2.37. The van der Waals surface area contributed by atoms with Crippen molar-refractivity contribution in [3.05, 3.63) is 48.3 Å². The molecular weight excluding hydrogens is 323 g/mol. The molecule has 1 saturated heterocycles. The van der Waals surface area contributed by atoms with E-state index in [1.54, 1.807) is 23.1 Å². The van der Waals surface area contributed by atoms with Gasteiger partial charge in [0.1, 0.15) is 18.5 Å². The Labute approximate surface area is 146 Å². The van der Waals surface area contributed by atoms with Gasteiger partial charge in [0.15, 0.2) is 0 Å². The molecule has 2 heterocycles. The minimum Gasteiger partial charge on any atom is -0.376 e. The number of ether oxygens (including phenoxy) is 1. The van der Waals surface area contributed by atoms with Crippen LogP contribution in [0.2, 0.25) is 0 Å². The number of carbonyl (C=O) groups excluding carboxylic acids is 1. The smallest absolute Gasteiger partial charge is 0.223 e. The van der Waals surface area contributed by atoms with E-state index in [0.29, 0.717) is 32.5 Å². The molecule has 6 nitrogen and oxygen atoms in total. The average molecular weight is 346 g/mol. The van der Waals surface area contributed by atoms with Crippen LogP contribution in [0, 0.1) is 5.82 Å². The van der Waals surface area contributed by atoms with E-state index < -0.39 is 0 Å². The fourth-order valence-electron chi connectivity index (χ4n) is 3.00. The summed E-state index contributed by atoms with van der Waals surface area (Å²) in [5, 5.41) is 4.04. The predicted octanol–water partition coefficient (Wildman–Crippen LogP) is 2.41. The van der Waals surface area contributed by atoms with Crippen LogP contribution in [0.1, 0.15) is 31.2 Å². The number of nitrogens with zero attached hydrogens (tertiary/aromatic N) is 4. The highest BCUT2D eigenvalue weighted by Gasteiger charge is 2.22. The Hall–Kier alpha value is -2.28. The zero-order valence-corrected chi connectivity index (χ0v) is 14.2. The predicted molar refractivity (Wildman–Crippen MR) is 90.0 cm³/mol. The first-order chi connectivity index (χ1) is 12.2. The van der Waals surface area contributed by atoms with Crippen molar-refractivity contribution in [3.8, 4) is 0 Å². The normalized spacial score (nSPS) is 16.9. The van der Waals surface area contributed by atoms with Crippen LogP contribution in [0.5, 0.6) is 0 Å². The third-order valence-corrected chi connectivity index (χ3v) is 4.33. The number of hydrogen-bond acceptors (Lipinski definition) is 4. The highest BCUT2D eigenvalue weighted by atomic mass is 19.1. The summed E-state index contributed by atoms with van der Waals surface area (Å²) < 4.78 is 20.5. The van der Waals surface area contributed by atoms with Crippen molar-refractivity contribution in [3.63, 3.8) is 0 Å². The van der Waals surface area contributed by atoms with Crippen LogP contribution in [0.4, 0.5) is 4.39 Å². The maximum atomic E-state index is 13.1. The maximum Gasteiger partial charge on any atom is 0.223 e. The van der Waals surface area contributed by atoms with Crippen LogP contribution in [-0.2, 0) is 22.6 Å². The van der Waals surface area contributed by atoms with Crippen LogP contribution < -0.4 is 0 Å². The summed E-state index contributed by atoms with van der Waals surface area (Å²) in [6.45, 7) is 2.48. The van der Waals surface area contributed by atoms with Gasteiger partial charge in [0.05, 0.1) is 6.10 Å². The number of benzene rings is 1. The summed E-state index contributed by atoms with van der Waals surface area (Å²) in [7, 11) is 0. The fourth-order valence-corrected chi connectivity index (χ4v) is 3.00. The van der Waals surface area contributed by atoms with Crippen LogP contribution in [-0.4, -0.2) is 44.8 Å². The molecule has 3 rings (SSSR count). The van der Waals surface area contributed by atoms with Crippen molar-refractivity contribution in [2.45, 2.75) is 44.9 Å². The molecule has 0 bridgehead atoms. The van der Waals surface area contributed by atoms with Crippen molar-refractivity contribution in [1.82, 2.24) is 19.7 Å². The van der Waals surface area contributed by atoms with Crippen LogP contribution >= 0.6 is 0 Å². The molecule has 0 aliphatic carbocycles. The lowest BCUT2D eigenvalue weighted by molar-refractivity contribution is -0.133. The first-order valence-corrected chi connectivity index (χ1v) is 8.67. The van der Waals surface area contributed by atoms with Gasteiger partial charge in [0.2, 0.25) is 5.91 Å². The van der Waals surface area contributed by atoms with Gasteiger partial charge in [-0.05, 0) is 37.0 Å². The van der Waals surface area contributed by atoms with Gasteiger partial charge in [-0.15, -0.1) is 0 Å². The van der Waals surface area contributed by atoms with E-state index in [1.165, 1.54) is 18.5 Å². The van der Waals surface area contributed by atoms with Gasteiger partial charge in [-0.2, -0.15) is 5.10 Å². The number of halogens is 1. The third-order valence-electron chi connectivity index (χ3n) is 4.33. The molecule has 1 aliphatic heterocycles. The SMILES string of the molecule is O=C(CCCn1cncn1)N(Cc1ccc(F)cc1)C[C@@H]1CCCO1. The minimum atomic E-state index is -0.270. The molecule has 0 radical (unpaired) electrons. The summed E-state index contributed by atoms with van der Waals surface area (Å²) in [4.78, 5) is 18.4. The summed E-state index contributed by atoms with van der Waals surface area (Å²) in [6.07, 6.45) is 6.38. The monoisotopic (exact) mass is 346 g/mol. The molecule has 1 atom stereocenters. The number of aromatic nitrogens is 3. The first-order valence-electron chi connectivity index (χ1n) is 8.67. The van der Waals surface area contributed by atoms with Crippen LogP contribution in [0.3, 0.4) is 0 Å². The molecular formula is C18H23FN4O2. The first kappa shape index (κ1) is 17.5. The maximum absolute atomic E-state index is 13.1. The molecule has 1 aliphatic rings. The summed E-state index contributed by atoms with van der Waals surface area (Å²) >= 11 is 0. The highest BCUT2D eigenvalue weighted by Crippen LogP contribution is 2.16. The number of amides is 1. The Bertz CT molecular complexity index is 654. The van der Waals surface area contributed by atoms with Gasteiger partial charge in [-0.1, -0.05) is 12.1 Å². The molecule has 0 N–H and O–H groups in total. The van der Waals surface area contributed by atoms with Crippen molar-refractivity contribution in [2.75, 3.05) is 13.2 Å². The van der Waals surface area contributed by atoms with Crippen molar-refractivity contribution in [2.24, 2.45) is 0 Å². The van der Waals surface area contributed by atoms with E-state index in [2.05, 4.69) is 10.1 Å². The molecule has 1 amide bonds. The molecule has 7 heteroatoms. The molecule has 0 saturated carbocycles. The molecule has 25 heavy (non-hydrogen) atoms. The largest absolute Gasteiger partial charge is 0.376 e. The number of aryl methyl sites for hydroxylation is 1.